The molecule has 8 nitrogen and oxygen atoms in total. The number of carboxylic acid groups (broad SMARTS) is 1. The lowest BCUT2D eigenvalue weighted by molar-refractivity contribution is -0.307. The standard InChI is InChI=1S/C27H42O8/c1-13(2)19-8-16-9-25(11-28)18-7-6-14(3)17(18)10-26(16,27(19,25)24(31)32)12-34-23-21(30)20(29)22(33-5)15(4)35-23/h8,13-18,20-23,28-30H,6-7,9-12H2,1-5H3,(H,31,32)/t14?,15?,16?,17?,18?,20?,21?,22?,23?,25?,26?,27-/m0/s1. The van der Waals surface area contributed by atoms with Gasteiger partial charge in [0.15, 0.2) is 6.29 Å². The van der Waals surface area contributed by atoms with E-state index in [0.29, 0.717) is 24.7 Å². The first-order chi connectivity index (χ1) is 16.5. The molecule has 12 atom stereocenters. The molecule has 1 saturated heterocycles. The highest BCUT2D eigenvalue weighted by molar-refractivity contribution is 5.85. The molecule has 5 rings (SSSR count). The number of allylic oxidation sites excluding steroid dienone is 1. The quantitative estimate of drug-likeness (QED) is 0.397. The molecule has 0 aromatic rings. The smallest absolute Gasteiger partial charge is 0.315 e. The first kappa shape index (κ1) is 25.6. The highest BCUT2D eigenvalue weighted by Gasteiger charge is 2.84. The number of methoxy groups -OCH3 is 1. The van der Waals surface area contributed by atoms with Gasteiger partial charge >= 0.3 is 5.97 Å². The number of aliphatic hydroxyl groups is 3. The lowest BCUT2D eigenvalue weighted by Crippen LogP contribution is -2.65. The van der Waals surface area contributed by atoms with E-state index < -0.39 is 52.9 Å². The lowest BCUT2D eigenvalue weighted by atomic mass is 9.42. The van der Waals surface area contributed by atoms with Crippen molar-refractivity contribution in [3.8, 4) is 0 Å². The van der Waals surface area contributed by atoms with Crippen molar-refractivity contribution in [2.45, 2.75) is 84.1 Å². The Morgan fingerprint density at radius 3 is 2.49 bits per heavy atom. The number of ether oxygens (including phenoxy) is 3. The van der Waals surface area contributed by atoms with Gasteiger partial charge in [-0.25, -0.2) is 0 Å². The second-order valence-corrected chi connectivity index (χ2v) is 12.3. The van der Waals surface area contributed by atoms with Gasteiger partial charge in [-0.05, 0) is 55.8 Å². The highest BCUT2D eigenvalue weighted by Crippen LogP contribution is 2.83. The van der Waals surface area contributed by atoms with Crippen molar-refractivity contribution < 1.29 is 39.4 Å². The predicted octanol–water partition coefficient (Wildman–Crippen LogP) is 2.20. The summed E-state index contributed by atoms with van der Waals surface area (Å²) in [6.07, 6.45) is 0.761. The summed E-state index contributed by atoms with van der Waals surface area (Å²) in [5.74, 6) is 0.0692. The van der Waals surface area contributed by atoms with Crippen molar-refractivity contribution in [2.24, 2.45) is 45.8 Å². The third-order valence-corrected chi connectivity index (χ3v) is 10.9. The Kier molecular flexibility index (Phi) is 6.22. The van der Waals surface area contributed by atoms with Crippen LogP contribution >= 0.6 is 0 Å². The average Bonchev–Trinajstić information content (AvgIpc) is 3.38. The molecule has 0 radical (unpaired) electrons. The summed E-state index contributed by atoms with van der Waals surface area (Å²) < 4.78 is 17.5. The summed E-state index contributed by atoms with van der Waals surface area (Å²) in [7, 11) is 1.46. The fraction of sp³-hybridized carbons (Fsp3) is 0.889. The Labute approximate surface area is 207 Å². The molecule has 4 fully saturated rings. The number of fused-ring (bicyclic) bond motifs is 2. The van der Waals surface area contributed by atoms with E-state index in [4.69, 9.17) is 14.2 Å². The second-order valence-electron chi connectivity index (χ2n) is 12.3. The van der Waals surface area contributed by atoms with Gasteiger partial charge in [0.1, 0.15) is 23.7 Å². The van der Waals surface area contributed by atoms with E-state index in [0.717, 1.165) is 18.4 Å². The summed E-state index contributed by atoms with van der Waals surface area (Å²) in [5, 5.41) is 43.4. The molecular weight excluding hydrogens is 452 g/mol. The molecule has 0 aromatic carbocycles. The van der Waals surface area contributed by atoms with E-state index >= 15 is 0 Å². The van der Waals surface area contributed by atoms with Gasteiger partial charge in [0.25, 0.3) is 0 Å². The predicted molar refractivity (Wildman–Crippen MR) is 126 cm³/mol. The molecule has 198 valence electrons. The molecule has 3 saturated carbocycles. The van der Waals surface area contributed by atoms with Crippen LogP contribution in [0.2, 0.25) is 0 Å². The Morgan fingerprint density at radius 1 is 1.17 bits per heavy atom. The maximum atomic E-state index is 13.5. The summed E-state index contributed by atoms with van der Waals surface area (Å²) in [6.45, 7) is 8.03. The van der Waals surface area contributed by atoms with Crippen LogP contribution in [0.25, 0.3) is 0 Å². The molecule has 11 unspecified atom stereocenters. The fourth-order valence-electron chi connectivity index (χ4n) is 9.55. The fourth-order valence-corrected chi connectivity index (χ4v) is 9.55. The van der Waals surface area contributed by atoms with Gasteiger partial charge in [-0.3, -0.25) is 4.79 Å². The largest absolute Gasteiger partial charge is 0.481 e. The number of rotatable bonds is 7. The number of aliphatic hydroxyl groups excluding tert-OH is 3. The zero-order valence-corrected chi connectivity index (χ0v) is 21.5. The van der Waals surface area contributed by atoms with Gasteiger partial charge in [0.2, 0.25) is 0 Å². The molecule has 35 heavy (non-hydrogen) atoms. The second kappa shape index (κ2) is 8.50. The highest BCUT2D eigenvalue weighted by atomic mass is 16.7. The van der Waals surface area contributed by atoms with Crippen molar-refractivity contribution >= 4 is 5.97 Å². The van der Waals surface area contributed by atoms with E-state index in [2.05, 4.69) is 13.0 Å². The molecule has 4 N–H and O–H groups in total. The maximum absolute atomic E-state index is 13.5. The Balaban J connectivity index is 1.56. The number of aliphatic carboxylic acids is 1. The molecule has 5 aliphatic rings. The summed E-state index contributed by atoms with van der Waals surface area (Å²) >= 11 is 0. The summed E-state index contributed by atoms with van der Waals surface area (Å²) in [6, 6.07) is 0. The normalized spacial score (nSPS) is 52.6. The van der Waals surface area contributed by atoms with Gasteiger partial charge in [-0.1, -0.05) is 38.8 Å². The molecular formula is C27H42O8. The molecule has 4 aliphatic carbocycles. The number of carbonyl (C=O) groups is 1. The van der Waals surface area contributed by atoms with Crippen LogP contribution in [0, 0.1) is 45.8 Å². The first-order valence-corrected chi connectivity index (χ1v) is 13.2. The molecule has 1 aliphatic heterocycles. The van der Waals surface area contributed by atoms with Gasteiger partial charge in [0, 0.05) is 17.9 Å². The van der Waals surface area contributed by atoms with E-state index in [1.807, 2.05) is 13.8 Å². The van der Waals surface area contributed by atoms with E-state index in [1.54, 1.807) is 6.92 Å². The Bertz CT molecular complexity index is 888. The van der Waals surface area contributed by atoms with Crippen LogP contribution in [0.3, 0.4) is 0 Å². The van der Waals surface area contributed by atoms with Gasteiger partial charge in [-0.2, -0.15) is 0 Å². The van der Waals surface area contributed by atoms with Gasteiger partial charge in [-0.15, -0.1) is 0 Å². The van der Waals surface area contributed by atoms with Crippen molar-refractivity contribution in [1.82, 2.24) is 0 Å². The first-order valence-electron chi connectivity index (χ1n) is 13.2. The number of carboxylic acids is 1. The van der Waals surface area contributed by atoms with E-state index in [1.165, 1.54) is 7.11 Å². The van der Waals surface area contributed by atoms with Gasteiger partial charge < -0.3 is 34.6 Å². The summed E-state index contributed by atoms with van der Waals surface area (Å²) in [4.78, 5) is 13.5. The Hall–Kier alpha value is -1.03. The average molecular weight is 495 g/mol. The molecule has 0 amide bonds. The number of hydrogen-bond acceptors (Lipinski definition) is 7. The molecule has 4 bridgehead atoms. The molecule has 0 spiro atoms. The minimum absolute atomic E-state index is 0.0258. The monoisotopic (exact) mass is 494 g/mol. The van der Waals surface area contributed by atoms with Crippen LogP contribution in [-0.2, 0) is 19.0 Å². The molecule has 1 heterocycles. The molecule has 8 heteroatoms. The van der Waals surface area contributed by atoms with E-state index in [-0.39, 0.29) is 31.0 Å². The van der Waals surface area contributed by atoms with Crippen molar-refractivity contribution in [3.05, 3.63) is 11.6 Å². The topological polar surface area (TPSA) is 126 Å². The number of hydrogen-bond donors (Lipinski definition) is 4. The van der Waals surface area contributed by atoms with E-state index in [9.17, 15) is 25.2 Å². The SMILES string of the molecule is COC1C(C)OC(OCC23CC4C(C)CCC4C4(CO)CC2C=C(C(C)C)[C@@]34C(=O)O)C(O)C1O. The molecule has 0 aromatic heterocycles. The third-order valence-electron chi connectivity index (χ3n) is 10.9. The van der Waals surface area contributed by atoms with Crippen LogP contribution in [0.4, 0.5) is 0 Å². The zero-order valence-electron chi connectivity index (χ0n) is 21.5. The minimum atomic E-state index is -1.31. The van der Waals surface area contributed by atoms with Crippen LogP contribution in [0.1, 0.15) is 53.4 Å². The summed E-state index contributed by atoms with van der Waals surface area (Å²) in [5.41, 5.74) is -1.78. The van der Waals surface area contributed by atoms with Crippen molar-refractivity contribution in [3.63, 3.8) is 0 Å². The Morgan fingerprint density at radius 2 is 1.89 bits per heavy atom. The zero-order chi connectivity index (χ0) is 25.5. The third kappa shape index (κ3) is 2.98. The van der Waals surface area contributed by atoms with Crippen LogP contribution in [0.15, 0.2) is 11.6 Å². The van der Waals surface area contributed by atoms with Gasteiger partial charge in [0.05, 0.1) is 19.3 Å². The van der Waals surface area contributed by atoms with Crippen LogP contribution in [0.5, 0.6) is 0 Å². The van der Waals surface area contributed by atoms with Crippen LogP contribution in [-0.4, -0.2) is 77.4 Å². The van der Waals surface area contributed by atoms with Crippen LogP contribution < -0.4 is 0 Å². The van der Waals surface area contributed by atoms with Crippen molar-refractivity contribution in [2.75, 3.05) is 20.3 Å². The minimum Gasteiger partial charge on any atom is -0.481 e. The van der Waals surface area contributed by atoms with Crippen molar-refractivity contribution in [1.29, 1.82) is 0 Å². The maximum Gasteiger partial charge on any atom is 0.315 e. The lowest BCUT2D eigenvalue weighted by Gasteiger charge is -2.60.